The van der Waals surface area contributed by atoms with Crippen molar-refractivity contribution < 1.29 is 23.9 Å². The third-order valence-electron chi connectivity index (χ3n) is 5.66. The molecule has 0 aromatic heterocycles. The van der Waals surface area contributed by atoms with Gasteiger partial charge in [0.2, 0.25) is 5.91 Å². The van der Waals surface area contributed by atoms with Crippen molar-refractivity contribution in [2.45, 2.75) is 39.2 Å². The molecule has 156 valence electrons. The number of carbonyl (C=O) groups is 4. The number of piperidine rings is 1. The molecule has 2 aliphatic rings. The average molecular weight is 401 g/mol. The summed E-state index contributed by atoms with van der Waals surface area (Å²) in [5.41, 5.74) is 0.529. The Morgan fingerprint density at radius 2 is 1.79 bits per heavy atom. The van der Waals surface area contributed by atoms with E-state index in [0.717, 1.165) is 10.5 Å². The highest BCUT2D eigenvalue weighted by Crippen LogP contribution is 2.29. The largest absolute Gasteiger partial charge is 0.466 e. The first-order valence-electron chi connectivity index (χ1n) is 9.92. The van der Waals surface area contributed by atoms with Gasteiger partial charge in [0.05, 0.1) is 12.5 Å². The number of urea groups is 1. The van der Waals surface area contributed by atoms with Crippen LogP contribution < -0.4 is 5.32 Å². The van der Waals surface area contributed by atoms with Gasteiger partial charge in [0.15, 0.2) is 0 Å². The van der Waals surface area contributed by atoms with E-state index in [0.29, 0.717) is 38.1 Å². The lowest BCUT2D eigenvalue weighted by Gasteiger charge is -2.31. The molecule has 2 fully saturated rings. The first kappa shape index (κ1) is 20.8. The predicted octanol–water partition coefficient (Wildman–Crippen LogP) is 1.56. The zero-order valence-electron chi connectivity index (χ0n) is 17.1. The van der Waals surface area contributed by atoms with E-state index in [-0.39, 0.29) is 24.3 Å². The Morgan fingerprint density at radius 3 is 2.38 bits per heavy atom. The molecule has 2 heterocycles. The van der Waals surface area contributed by atoms with Crippen molar-refractivity contribution in [1.29, 1.82) is 0 Å². The van der Waals surface area contributed by atoms with E-state index < -0.39 is 17.5 Å². The minimum atomic E-state index is -1.19. The van der Waals surface area contributed by atoms with Gasteiger partial charge in [0.1, 0.15) is 12.1 Å². The van der Waals surface area contributed by atoms with Crippen molar-refractivity contribution in [3.8, 4) is 0 Å². The molecule has 0 unspecified atom stereocenters. The van der Waals surface area contributed by atoms with E-state index in [4.69, 9.17) is 4.74 Å². The lowest BCUT2D eigenvalue weighted by atomic mass is 9.91. The number of benzene rings is 1. The summed E-state index contributed by atoms with van der Waals surface area (Å²) in [6.45, 7) is 6.19. The lowest BCUT2D eigenvalue weighted by Crippen LogP contribution is -2.47. The van der Waals surface area contributed by atoms with E-state index in [1.807, 2.05) is 19.1 Å². The van der Waals surface area contributed by atoms with Gasteiger partial charge in [0.25, 0.3) is 5.91 Å². The molecule has 1 N–H and O–H groups in total. The quantitative estimate of drug-likeness (QED) is 0.597. The van der Waals surface area contributed by atoms with E-state index in [9.17, 15) is 19.2 Å². The minimum Gasteiger partial charge on any atom is -0.466 e. The van der Waals surface area contributed by atoms with Crippen LogP contribution in [0.1, 0.15) is 37.8 Å². The van der Waals surface area contributed by atoms with E-state index in [1.165, 1.54) is 0 Å². The van der Waals surface area contributed by atoms with Crippen LogP contribution in [0, 0.1) is 12.8 Å². The molecular formula is C21H27N3O5. The van der Waals surface area contributed by atoms with Crippen molar-refractivity contribution in [1.82, 2.24) is 15.1 Å². The highest BCUT2D eigenvalue weighted by atomic mass is 16.5. The number of amides is 4. The molecule has 4 amide bonds. The summed E-state index contributed by atoms with van der Waals surface area (Å²) in [6.07, 6.45) is 1.04. The van der Waals surface area contributed by atoms with Crippen LogP contribution in [0.5, 0.6) is 0 Å². The molecule has 0 saturated carbocycles. The molecule has 1 atom stereocenters. The van der Waals surface area contributed by atoms with Gasteiger partial charge in [-0.1, -0.05) is 29.8 Å². The number of ether oxygens (including phenoxy) is 1. The normalized spacial score (nSPS) is 22.6. The number of nitrogens with one attached hydrogen (secondary N) is 1. The zero-order chi connectivity index (χ0) is 21.2. The van der Waals surface area contributed by atoms with E-state index in [2.05, 4.69) is 5.32 Å². The van der Waals surface area contributed by atoms with Crippen LogP contribution in [0.25, 0.3) is 0 Å². The van der Waals surface area contributed by atoms with Crippen LogP contribution in [-0.4, -0.2) is 59.9 Å². The van der Waals surface area contributed by atoms with Gasteiger partial charge in [0, 0.05) is 13.1 Å². The summed E-state index contributed by atoms with van der Waals surface area (Å²) < 4.78 is 5.04. The van der Waals surface area contributed by atoms with Crippen molar-refractivity contribution in [3.05, 3.63) is 35.4 Å². The van der Waals surface area contributed by atoms with Crippen molar-refractivity contribution in [3.63, 3.8) is 0 Å². The van der Waals surface area contributed by atoms with Gasteiger partial charge in [-0.25, -0.2) is 4.79 Å². The molecule has 2 saturated heterocycles. The number of carbonyl (C=O) groups excluding carboxylic acids is 4. The summed E-state index contributed by atoms with van der Waals surface area (Å²) in [5.74, 6) is -1.19. The number of esters is 1. The summed E-state index contributed by atoms with van der Waals surface area (Å²) in [7, 11) is 0. The third-order valence-corrected chi connectivity index (χ3v) is 5.66. The molecule has 0 bridgehead atoms. The number of hydrogen-bond acceptors (Lipinski definition) is 5. The Balaban J connectivity index is 1.62. The second kappa shape index (κ2) is 8.23. The summed E-state index contributed by atoms with van der Waals surface area (Å²) >= 11 is 0. The topological polar surface area (TPSA) is 96.0 Å². The van der Waals surface area contributed by atoms with Crippen molar-refractivity contribution in [2.24, 2.45) is 5.92 Å². The maximum atomic E-state index is 13.0. The summed E-state index contributed by atoms with van der Waals surface area (Å²) in [4.78, 5) is 52.5. The lowest BCUT2D eigenvalue weighted by molar-refractivity contribution is -0.151. The molecular weight excluding hydrogens is 374 g/mol. The Hall–Kier alpha value is -2.90. The number of nitrogens with zero attached hydrogens (tertiary/aromatic N) is 2. The Morgan fingerprint density at radius 1 is 1.17 bits per heavy atom. The molecule has 29 heavy (non-hydrogen) atoms. The maximum absolute atomic E-state index is 13.0. The van der Waals surface area contributed by atoms with Crippen molar-refractivity contribution >= 4 is 23.8 Å². The van der Waals surface area contributed by atoms with Gasteiger partial charge in [-0.2, -0.15) is 0 Å². The smallest absolute Gasteiger partial charge is 0.325 e. The molecule has 0 radical (unpaired) electrons. The molecule has 3 rings (SSSR count). The number of rotatable bonds is 5. The highest BCUT2D eigenvalue weighted by molar-refractivity contribution is 6.09. The Labute approximate surface area is 170 Å². The van der Waals surface area contributed by atoms with Crippen molar-refractivity contribution in [2.75, 3.05) is 26.2 Å². The minimum absolute atomic E-state index is 0.208. The maximum Gasteiger partial charge on any atom is 0.325 e. The summed E-state index contributed by atoms with van der Waals surface area (Å²) in [6, 6.07) is 6.79. The Kier molecular flexibility index (Phi) is 5.91. The molecule has 1 aromatic rings. The fourth-order valence-corrected chi connectivity index (χ4v) is 3.78. The first-order valence-corrected chi connectivity index (χ1v) is 9.92. The van der Waals surface area contributed by atoms with Gasteiger partial charge >= 0.3 is 12.0 Å². The first-order chi connectivity index (χ1) is 13.8. The number of aryl methyl sites for hydroxylation is 1. The SMILES string of the molecule is CCOC(=O)C1CCN(C(=O)CN2C(=O)N[C@@](C)(c3ccc(C)cc3)C2=O)CC1. The monoisotopic (exact) mass is 401 g/mol. The van der Waals surface area contributed by atoms with Gasteiger partial charge in [-0.05, 0) is 39.2 Å². The number of hydrogen-bond donors (Lipinski definition) is 1. The average Bonchev–Trinajstić information content (AvgIpc) is 2.92. The van der Waals surface area contributed by atoms with Gasteiger partial charge in [-0.15, -0.1) is 0 Å². The fourth-order valence-electron chi connectivity index (χ4n) is 3.78. The number of likely N-dealkylation sites (tertiary alicyclic amines) is 1. The van der Waals surface area contributed by atoms with Gasteiger partial charge < -0.3 is 15.0 Å². The standard InChI is InChI=1S/C21H27N3O5/c1-4-29-18(26)15-9-11-23(12-10-15)17(25)13-24-19(27)21(3,22-20(24)28)16-7-5-14(2)6-8-16/h5-8,15H,4,9-13H2,1-3H3,(H,22,28)/t21-/m0/s1. The highest BCUT2D eigenvalue weighted by Gasteiger charge is 2.49. The second-order valence-corrected chi connectivity index (χ2v) is 7.72. The molecule has 1 aromatic carbocycles. The Bertz CT molecular complexity index is 814. The molecule has 2 aliphatic heterocycles. The van der Waals surface area contributed by atoms with Crippen LogP contribution in [0.4, 0.5) is 4.79 Å². The molecule has 8 nitrogen and oxygen atoms in total. The van der Waals surface area contributed by atoms with Crippen LogP contribution >= 0.6 is 0 Å². The van der Waals surface area contributed by atoms with Crippen LogP contribution in [-0.2, 0) is 24.7 Å². The zero-order valence-corrected chi connectivity index (χ0v) is 17.1. The predicted molar refractivity (Wildman–Crippen MR) is 105 cm³/mol. The fraction of sp³-hybridized carbons (Fsp3) is 0.524. The molecule has 0 aliphatic carbocycles. The summed E-state index contributed by atoms with van der Waals surface area (Å²) in [5, 5.41) is 2.72. The molecule has 0 spiro atoms. The molecule has 8 heteroatoms. The van der Waals surface area contributed by atoms with E-state index in [1.54, 1.807) is 30.9 Å². The third kappa shape index (κ3) is 4.11. The van der Waals surface area contributed by atoms with Crippen LogP contribution in [0.15, 0.2) is 24.3 Å². The van der Waals surface area contributed by atoms with Crippen LogP contribution in [0.3, 0.4) is 0 Å². The second-order valence-electron chi connectivity index (χ2n) is 7.72. The van der Waals surface area contributed by atoms with Gasteiger partial charge in [-0.3, -0.25) is 19.3 Å². The number of imide groups is 1. The van der Waals surface area contributed by atoms with Crippen LogP contribution in [0.2, 0.25) is 0 Å². The van der Waals surface area contributed by atoms with E-state index >= 15 is 0 Å².